The number of nitrogens with zero attached hydrogens (tertiary/aromatic N) is 3. The lowest BCUT2D eigenvalue weighted by Crippen LogP contribution is -2.42. The zero-order valence-corrected chi connectivity index (χ0v) is 16.3. The molecule has 1 saturated carbocycles. The van der Waals surface area contributed by atoms with Gasteiger partial charge in [0, 0.05) is 44.0 Å². The maximum absolute atomic E-state index is 12.5. The van der Waals surface area contributed by atoms with Crippen molar-refractivity contribution in [3.8, 4) is 0 Å². The van der Waals surface area contributed by atoms with Gasteiger partial charge < -0.3 is 15.0 Å². The Morgan fingerprint density at radius 3 is 2.54 bits per heavy atom. The molecule has 1 aliphatic heterocycles. The smallest absolute Gasteiger partial charge is 0.225 e. The number of ether oxygens (including phenoxy) is 1. The third kappa shape index (κ3) is 4.93. The molecule has 0 spiro atoms. The minimum absolute atomic E-state index is 0.123. The standard InChI is InChI=1S/C20H32N4O2/c1-14-11-15(2)23-20(22-14)24-9-7-16(8-10-24)13-21-19(25)17-5-4-6-18(12-17)26-3/h11,16-18H,4-10,12-13H2,1-3H3,(H,21,25)/t17-,18+/m1/s1. The largest absolute Gasteiger partial charge is 0.381 e. The highest BCUT2D eigenvalue weighted by Gasteiger charge is 2.28. The molecule has 1 saturated heterocycles. The number of carbonyl (C=O) groups excluding carboxylic acids is 1. The molecule has 1 amide bonds. The molecule has 0 unspecified atom stereocenters. The van der Waals surface area contributed by atoms with E-state index in [4.69, 9.17) is 4.74 Å². The van der Waals surface area contributed by atoms with Crippen LogP contribution in [0.25, 0.3) is 0 Å². The number of carbonyl (C=O) groups is 1. The summed E-state index contributed by atoms with van der Waals surface area (Å²) in [6.07, 6.45) is 6.42. The average Bonchev–Trinajstić information content (AvgIpc) is 2.65. The lowest BCUT2D eigenvalue weighted by atomic mass is 9.86. The van der Waals surface area contributed by atoms with Crippen molar-refractivity contribution >= 4 is 11.9 Å². The summed E-state index contributed by atoms with van der Waals surface area (Å²) in [5.74, 6) is 1.73. The van der Waals surface area contributed by atoms with Crippen LogP contribution in [0.1, 0.15) is 49.9 Å². The Morgan fingerprint density at radius 1 is 1.19 bits per heavy atom. The monoisotopic (exact) mass is 360 g/mol. The molecule has 2 aliphatic rings. The molecule has 2 heterocycles. The Balaban J connectivity index is 1.43. The Morgan fingerprint density at radius 2 is 1.88 bits per heavy atom. The summed E-state index contributed by atoms with van der Waals surface area (Å²) in [6, 6.07) is 2.01. The van der Waals surface area contributed by atoms with Crippen molar-refractivity contribution in [3.05, 3.63) is 17.5 Å². The Kier molecular flexibility index (Phi) is 6.46. The third-order valence-corrected chi connectivity index (χ3v) is 5.76. The molecule has 6 nitrogen and oxygen atoms in total. The van der Waals surface area contributed by atoms with Gasteiger partial charge in [0.2, 0.25) is 11.9 Å². The van der Waals surface area contributed by atoms with Gasteiger partial charge in [-0.3, -0.25) is 4.79 Å². The lowest BCUT2D eigenvalue weighted by molar-refractivity contribution is -0.127. The second-order valence-electron chi connectivity index (χ2n) is 7.85. The van der Waals surface area contributed by atoms with Crippen LogP contribution >= 0.6 is 0 Å². The summed E-state index contributed by atoms with van der Waals surface area (Å²) in [6.45, 7) is 6.73. The van der Waals surface area contributed by atoms with Crippen molar-refractivity contribution in [2.45, 2.75) is 58.5 Å². The molecule has 3 rings (SSSR count). The van der Waals surface area contributed by atoms with Crippen LogP contribution in [0.3, 0.4) is 0 Å². The van der Waals surface area contributed by atoms with Gasteiger partial charge in [-0.15, -0.1) is 0 Å². The number of nitrogens with one attached hydrogen (secondary N) is 1. The zero-order valence-electron chi connectivity index (χ0n) is 16.3. The number of aryl methyl sites for hydroxylation is 2. The summed E-state index contributed by atoms with van der Waals surface area (Å²) in [4.78, 5) is 23.9. The molecule has 0 radical (unpaired) electrons. The van der Waals surface area contributed by atoms with E-state index in [0.29, 0.717) is 5.92 Å². The van der Waals surface area contributed by atoms with E-state index in [-0.39, 0.29) is 17.9 Å². The Hall–Kier alpha value is -1.69. The van der Waals surface area contributed by atoms with Gasteiger partial charge in [0.15, 0.2) is 0 Å². The first kappa shape index (κ1) is 19.1. The van der Waals surface area contributed by atoms with Crippen LogP contribution in [0.2, 0.25) is 0 Å². The molecular formula is C20H32N4O2. The highest BCUT2D eigenvalue weighted by Crippen LogP contribution is 2.26. The minimum atomic E-state index is 0.123. The minimum Gasteiger partial charge on any atom is -0.381 e. The van der Waals surface area contributed by atoms with Crippen molar-refractivity contribution in [1.82, 2.24) is 15.3 Å². The molecule has 2 atom stereocenters. The molecule has 0 bridgehead atoms. The van der Waals surface area contributed by atoms with Crippen molar-refractivity contribution in [3.63, 3.8) is 0 Å². The Labute approximate surface area is 156 Å². The maximum Gasteiger partial charge on any atom is 0.225 e. The predicted molar refractivity (Wildman–Crippen MR) is 102 cm³/mol. The summed E-state index contributed by atoms with van der Waals surface area (Å²) in [5.41, 5.74) is 2.03. The van der Waals surface area contributed by atoms with Crippen LogP contribution in [0, 0.1) is 25.7 Å². The SMILES string of the molecule is CO[C@H]1CCC[C@@H](C(=O)NCC2CCN(c3nc(C)cc(C)n3)CC2)C1. The first-order chi connectivity index (χ1) is 12.5. The maximum atomic E-state index is 12.5. The molecule has 1 aromatic rings. The van der Waals surface area contributed by atoms with E-state index in [1.165, 1.54) is 0 Å². The number of hydrogen-bond acceptors (Lipinski definition) is 5. The first-order valence-electron chi connectivity index (χ1n) is 9.93. The van der Waals surface area contributed by atoms with Crippen molar-refractivity contribution < 1.29 is 9.53 Å². The fraction of sp³-hybridized carbons (Fsp3) is 0.750. The van der Waals surface area contributed by atoms with Gasteiger partial charge >= 0.3 is 0 Å². The lowest BCUT2D eigenvalue weighted by Gasteiger charge is -2.33. The molecule has 1 aliphatic carbocycles. The van der Waals surface area contributed by atoms with Crippen molar-refractivity contribution in [1.29, 1.82) is 0 Å². The molecular weight excluding hydrogens is 328 g/mol. The summed E-state index contributed by atoms with van der Waals surface area (Å²) in [7, 11) is 1.75. The van der Waals surface area contributed by atoms with Crippen LogP contribution in [0.4, 0.5) is 5.95 Å². The fourth-order valence-electron chi connectivity index (χ4n) is 4.17. The van der Waals surface area contributed by atoms with Crippen molar-refractivity contribution in [2.24, 2.45) is 11.8 Å². The van der Waals surface area contributed by atoms with E-state index >= 15 is 0 Å². The van der Waals surface area contributed by atoms with Gasteiger partial charge in [-0.2, -0.15) is 0 Å². The highest BCUT2D eigenvalue weighted by molar-refractivity contribution is 5.78. The van der Waals surface area contributed by atoms with E-state index in [9.17, 15) is 4.79 Å². The normalized spacial score (nSPS) is 24.5. The van der Waals surface area contributed by atoms with E-state index in [1.807, 2.05) is 19.9 Å². The van der Waals surface area contributed by atoms with Crippen LogP contribution in [0.5, 0.6) is 0 Å². The average molecular weight is 361 g/mol. The molecule has 1 N–H and O–H groups in total. The second-order valence-corrected chi connectivity index (χ2v) is 7.85. The first-order valence-corrected chi connectivity index (χ1v) is 9.93. The van der Waals surface area contributed by atoms with Gasteiger partial charge in [0.25, 0.3) is 0 Å². The topological polar surface area (TPSA) is 67.3 Å². The van der Waals surface area contributed by atoms with Crippen LogP contribution in [-0.2, 0) is 9.53 Å². The van der Waals surface area contributed by atoms with E-state index in [2.05, 4.69) is 20.2 Å². The van der Waals surface area contributed by atoms with Crippen LogP contribution in [-0.4, -0.2) is 48.7 Å². The van der Waals surface area contributed by atoms with Gasteiger partial charge in [-0.1, -0.05) is 6.42 Å². The number of methoxy groups -OCH3 is 1. The van der Waals surface area contributed by atoms with Crippen molar-refractivity contribution in [2.75, 3.05) is 31.6 Å². The summed E-state index contributed by atoms with van der Waals surface area (Å²) >= 11 is 0. The van der Waals surface area contributed by atoms with Gasteiger partial charge in [0.1, 0.15) is 0 Å². The molecule has 6 heteroatoms. The number of rotatable bonds is 5. The summed E-state index contributed by atoms with van der Waals surface area (Å²) < 4.78 is 5.44. The summed E-state index contributed by atoms with van der Waals surface area (Å²) in [5, 5.41) is 3.20. The van der Waals surface area contributed by atoms with Crippen LogP contribution < -0.4 is 10.2 Å². The van der Waals surface area contributed by atoms with E-state index in [0.717, 1.165) is 75.5 Å². The van der Waals surface area contributed by atoms with Gasteiger partial charge in [0.05, 0.1) is 6.10 Å². The predicted octanol–water partition coefficient (Wildman–Crippen LogP) is 2.63. The van der Waals surface area contributed by atoms with Gasteiger partial charge in [-0.05, 0) is 57.9 Å². The number of hydrogen-bond donors (Lipinski definition) is 1. The second kappa shape index (κ2) is 8.80. The number of aromatic nitrogens is 2. The van der Waals surface area contributed by atoms with Gasteiger partial charge in [-0.25, -0.2) is 9.97 Å². The Bertz CT molecular complexity index is 594. The molecule has 0 aromatic carbocycles. The van der Waals surface area contributed by atoms with E-state index in [1.54, 1.807) is 7.11 Å². The molecule has 1 aromatic heterocycles. The number of amides is 1. The zero-order chi connectivity index (χ0) is 18.5. The van der Waals surface area contributed by atoms with Crippen LogP contribution in [0.15, 0.2) is 6.07 Å². The highest BCUT2D eigenvalue weighted by atomic mass is 16.5. The number of piperidine rings is 1. The fourth-order valence-corrected chi connectivity index (χ4v) is 4.17. The third-order valence-electron chi connectivity index (χ3n) is 5.76. The molecule has 144 valence electrons. The van der Waals surface area contributed by atoms with E-state index < -0.39 is 0 Å². The molecule has 2 fully saturated rings. The molecule has 26 heavy (non-hydrogen) atoms. The quantitative estimate of drug-likeness (QED) is 0.874. The number of anilines is 1.